The Balaban J connectivity index is 2.06. The molecule has 2 N–H and O–H groups in total. The molecule has 1 aromatic carbocycles. The molecule has 4 nitrogen and oxygen atoms in total. The third-order valence-corrected chi connectivity index (χ3v) is 4.39. The average Bonchev–Trinajstić information content (AvgIpc) is 2.85. The van der Waals surface area contributed by atoms with E-state index in [4.69, 9.17) is 9.84 Å². The first-order chi connectivity index (χ1) is 10.0. The third-order valence-electron chi connectivity index (χ3n) is 3.30. The van der Waals surface area contributed by atoms with Crippen LogP contribution in [0.1, 0.15) is 20.9 Å². The number of ether oxygens (including phenoxy) is 1. The predicted molar refractivity (Wildman–Crippen MR) is 85.5 cm³/mol. The molecule has 0 saturated heterocycles. The quantitative estimate of drug-likeness (QED) is 0.856. The van der Waals surface area contributed by atoms with E-state index in [1.54, 1.807) is 7.11 Å². The highest BCUT2D eigenvalue weighted by Gasteiger charge is 2.09. The molecule has 0 aliphatic rings. The van der Waals surface area contributed by atoms with Crippen LogP contribution in [-0.4, -0.2) is 18.2 Å². The van der Waals surface area contributed by atoms with Crippen LogP contribution in [0.4, 0.5) is 5.69 Å². The van der Waals surface area contributed by atoms with Crippen molar-refractivity contribution in [2.75, 3.05) is 12.4 Å². The number of hydrogen-bond acceptors (Lipinski definition) is 4. The monoisotopic (exact) mass is 305 g/mol. The van der Waals surface area contributed by atoms with Crippen LogP contribution in [0.5, 0.6) is 5.75 Å². The fourth-order valence-corrected chi connectivity index (χ4v) is 3.23. The van der Waals surface area contributed by atoms with E-state index < -0.39 is 5.97 Å². The summed E-state index contributed by atoms with van der Waals surface area (Å²) in [7, 11) is 1.68. The zero-order valence-electron chi connectivity index (χ0n) is 12.4. The summed E-state index contributed by atoms with van der Waals surface area (Å²) in [6.45, 7) is 4.73. The van der Waals surface area contributed by atoms with E-state index in [-0.39, 0.29) is 6.42 Å². The lowest BCUT2D eigenvalue weighted by Crippen LogP contribution is -2.01. The molecule has 21 heavy (non-hydrogen) atoms. The Kier molecular flexibility index (Phi) is 4.85. The Labute approximate surface area is 128 Å². The van der Waals surface area contributed by atoms with Crippen LogP contribution in [0, 0.1) is 13.8 Å². The van der Waals surface area contributed by atoms with Gasteiger partial charge in [-0.25, -0.2) is 0 Å². The van der Waals surface area contributed by atoms with Crippen LogP contribution in [0.25, 0.3) is 0 Å². The minimum atomic E-state index is -0.796. The zero-order valence-corrected chi connectivity index (χ0v) is 13.2. The molecule has 5 heteroatoms. The van der Waals surface area contributed by atoms with Gasteiger partial charge in [0, 0.05) is 27.5 Å². The van der Waals surface area contributed by atoms with E-state index in [9.17, 15) is 4.79 Å². The SMILES string of the molecule is COc1c(C)ccc(NCc2ccc(CC(=O)O)s2)c1C. The van der Waals surface area contributed by atoms with Crippen LogP contribution in [0.2, 0.25) is 0 Å². The highest BCUT2D eigenvalue weighted by atomic mass is 32.1. The number of hydrogen-bond donors (Lipinski definition) is 2. The van der Waals surface area contributed by atoms with Gasteiger partial charge in [-0.3, -0.25) is 4.79 Å². The summed E-state index contributed by atoms with van der Waals surface area (Å²) in [5.74, 6) is 0.105. The number of carboxylic acid groups (broad SMARTS) is 1. The van der Waals surface area contributed by atoms with E-state index in [1.165, 1.54) is 11.3 Å². The lowest BCUT2D eigenvalue weighted by atomic mass is 10.1. The van der Waals surface area contributed by atoms with Crippen LogP contribution in [-0.2, 0) is 17.8 Å². The molecule has 0 spiro atoms. The molecular weight excluding hydrogens is 286 g/mol. The molecular formula is C16H19NO3S. The lowest BCUT2D eigenvalue weighted by Gasteiger charge is -2.14. The van der Waals surface area contributed by atoms with Gasteiger partial charge in [-0.05, 0) is 37.6 Å². The van der Waals surface area contributed by atoms with E-state index in [1.807, 2.05) is 38.1 Å². The molecule has 1 heterocycles. The van der Waals surface area contributed by atoms with Gasteiger partial charge in [0.2, 0.25) is 0 Å². The van der Waals surface area contributed by atoms with Gasteiger partial charge >= 0.3 is 5.97 Å². The molecule has 2 rings (SSSR count). The molecule has 0 fully saturated rings. The molecule has 0 aliphatic heterocycles. The summed E-state index contributed by atoms with van der Waals surface area (Å²) in [6.07, 6.45) is 0.0854. The Hall–Kier alpha value is -2.01. The van der Waals surface area contributed by atoms with E-state index in [2.05, 4.69) is 5.32 Å². The van der Waals surface area contributed by atoms with E-state index in [0.717, 1.165) is 32.3 Å². The smallest absolute Gasteiger partial charge is 0.308 e. The van der Waals surface area contributed by atoms with Crippen LogP contribution in [0.3, 0.4) is 0 Å². The van der Waals surface area contributed by atoms with E-state index in [0.29, 0.717) is 6.54 Å². The Morgan fingerprint density at radius 1 is 1.24 bits per heavy atom. The molecule has 0 atom stereocenters. The Bertz CT molecular complexity index is 649. The molecule has 0 bridgehead atoms. The second-order valence-corrected chi connectivity index (χ2v) is 6.13. The molecule has 0 amide bonds. The maximum Gasteiger partial charge on any atom is 0.308 e. The van der Waals surface area contributed by atoms with Gasteiger partial charge in [0.15, 0.2) is 0 Å². The molecule has 112 valence electrons. The van der Waals surface area contributed by atoms with E-state index >= 15 is 0 Å². The van der Waals surface area contributed by atoms with Crippen molar-refractivity contribution in [3.63, 3.8) is 0 Å². The number of benzene rings is 1. The summed E-state index contributed by atoms with van der Waals surface area (Å²) in [6, 6.07) is 7.91. The first kappa shape index (κ1) is 15.4. The number of carboxylic acids is 1. The number of aryl methyl sites for hydroxylation is 1. The number of nitrogens with one attached hydrogen (secondary N) is 1. The summed E-state index contributed by atoms with van der Waals surface area (Å²) in [4.78, 5) is 12.7. The van der Waals surface area contributed by atoms with Gasteiger partial charge < -0.3 is 15.2 Å². The third kappa shape index (κ3) is 3.76. The minimum Gasteiger partial charge on any atom is -0.496 e. The number of carbonyl (C=O) groups is 1. The first-order valence-corrected chi connectivity index (χ1v) is 7.50. The van der Waals surface area contributed by atoms with Crippen LogP contribution >= 0.6 is 11.3 Å². The van der Waals surface area contributed by atoms with Crippen molar-refractivity contribution >= 4 is 23.0 Å². The van der Waals surface area contributed by atoms with Crippen molar-refractivity contribution in [2.45, 2.75) is 26.8 Å². The molecule has 1 aromatic heterocycles. The summed E-state index contributed by atoms with van der Waals surface area (Å²) < 4.78 is 5.41. The van der Waals surface area contributed by atoms with Crippen molar-refractivity contribution in [3.8, 4) is 5.75 Å². The molecule has 0 aliphatic carbocycles. The van der Waals surface area contributed by atoms with Crippen LogP contribution < -0.4 is 10.1 Å². The number of rotatable bonds is 6. The van der Waals surface area contributed by atoms with Crippen molar-refractivity contribution in [1.82, 2.24) is 0 Å². The van der Waals surface area contributed by atoms with Crippen molar-refractivity contribution in [2.24, 2.45) is 0 Å². The number of methoxy groups -OCH3 is 1. The van der Waals surface area contributed by atoms with Crippen molar-refractivity contribution < 1.29 is 14.6 Å². The maximum atomic E-state index is 10.7. The topological polar surface area (TPSA) is 58.6 Å². The number of aliphatic carboxylic acids is 1. The second-order valence-electron chi connectivity index (χ2n) is 4.88. The summed E-state index contributed by atoms with van der Waals surface area (Å²) >= 11 is 1.52. The van der Waals surface area contributed by atoms with Gasteiger partial charge in [-0.1, -0.05) is 6.07 Å². The van der Waals surface area contributed by atoms with Crippen LogP contribution in [0.15, 0.2) is 24.3 Å². The molecule has 0 unspecified atom stereocenters. The molecule has 0 saturated carbocycles. The van der Waals surface area contributed by atoms with Crippen molar-refractivity contribution in [3.05, 3.63) is 45.1 Å². The maximum absolute atomic E-state index is 10.7. The van der Waals surface area contributed by atoms with Crippen molar-refractivity contribution in [1.29, 1.82) is 0 Å². The molecule has 0 radical (unpaired) electrons. The minimum absolute atomic E-state index is 0.0854. The lowest BCUT2D eigenvalue weighted by molar-refractivity contribution is -0.136. The van der Waals surface area contributed by atoms with Gasteiger partial charge in [-0.2, -0.15) is 0 Å². The Morgan fingerprint density at radius 3 is 2.62 bits per heavy atom. The largest absolute Gasteiger partial charge is 0.496 e. The number of thiophene rings is 1. The normalized spacial score (nSPS) is 10.4. The average molecular weight is 305 g/mol. The summed E-state index contributed by atoms with van der Waals surface area (Å²) in [5.41, 5.74) is 3.23. The fraction of sp³-hybridized carbons (Fsp3) is 0.312. The fourth-order valence-electron chi connectivity index (χ4n) is 2.28. The molecule has 2 aromatic rings. The standard InChI is InChI=1S/C16H19NO3S/c1-10-4-7-14(11(2)16(10)20-3)17-9-13-6-5-12(21-13)8-15(18)19/h4-7,17H,8-9H2,1-3H3,(H,18,19). The Morgan fingerprint density at radius 2 is 1.95 bits per heavy atom. The highest BCUT2D eigenvalue weighted by Crippen LogP contribution is 2.29. The second kappa shape index (κ2) is 6.63. The zero-order chi connectivity index (χ0) is 15.4. The first-order valence-electron chi connectivity index (χ1n) is 6.68. The van der Waals surface area contributed by atoms with Gasteiger partial charge in [0.1, 0.15) is 5.75 Å². The number of anilines is 1. The predicted octanol–water partition coefficient (Wildman–Crippen LogP) is 3.61. The van der Waals surface area contributed by atoms with Gasteiger partial charge in [0.25, 0.3) is 0 Å². The summed E-state index contributed by atoms with van der Waals surface area (Å²) in [5, 5.41) is 12.2. The highest BCUT2D eigenvalue weighted by molar-refractivity contribution is 7.12. The van der Waals surface area contributed by atoms with Gasteiger partial charge in [0.05, 0.1) is 13.5 Å². The van der Waals surface area contributed by atoms with Gasteiger partial charge in [-0.15, -0.1) is 11.3 Å².